The summed E-state index contributed by atoms with van der Waals surface area (Å²) in [6, 6.07) is 5.94. The predicted molar refractivity (Wildman–Crippen MR) is 73.0 cm³/mol. The van der Waals surface area contributed by atoms with Crippen molar-refractivity contribution in [3.8, 4) is 0 Å². The van der Waals surface area contributed by atoms with Gasteiger partial charge in [0.1, 0.15) is 0 Å². The van der Waals surface area contributed by atoms with E-state index in [0.717, 1.165) is 25.1 Å². The maximum absolute atomic E-state index is 12.5. The van der Waals surface area contributed by atoms with Gasteiger partial charge in [-0.15, -0.1) is 0 Å². The molecule has 2 heterocycles. The summed E-state index contributed by atoms with van der Waals surface area (Å²) in [5.74, 6) is 0.0666. The van der Waals surface area contributed by atoms with Crippen LogP contribution in [0.25, 0.3) is 0 Å². The number of nitrogens with zero attached hydrogens (tertiary/aromatic N) is 1. The van der Waals surface area contributed by atoms with Crippen LogP contribution in [-0.4, -0.2) is 41.1 Å². The second-order valence-corrected chi connectivity index (χ2v) is 5.61. The fourth-order valence-corrected chi connectivity index (χ4v) is 2.93. The zero-order valence-corrected chi connectivity index (χ0v) is 11.3. The number of carbonyl (C=O) groups is 1. The van der Waals surface area contributed by atoms with Gasteiger partial charge in [-0.3, -0.25) is 4.79 Å². The molecule has 1 saturated heterocycles. The summed E-state index contributed by atoms with van der Waals surface area (Å²) in [5, 5.41) is 13.3. The van der Waals surface area contributed by atoms with E-state index < -0.39 is 5.60 Å². The molecule has 1 aromatic carbocycles. The van der Waals surface area contributed by atoms with Gasteiger partial charge in [0.25, 0.3) is 5.91 Å². The van der Waals surface area contributed by atoms with Crippen molar-refractivity contribution in [3.05, 3.63) is 34.9 Å². The fourth-order valence-electron chi connectivity index (χ4n) is 2.93. The molecule has 2 aliphatic rings. The summed E-state index contributed by atoms with van der Waals surface area (Å²) < 4.78 is 0. The van der Waals surface area contributed by atoms with E-state index >= 15 is 0 Å². The highest BCUT2D eigenvalue weighted by Crippen LogP contribution is 2.28. The van der Waals surface area contributed by atoms with E-state index in [-0.39, 0.29) is 5.91 Å². The summed E-state index contributed by atoms with van der Waals surface area (Å²) in [5.41, 5.74) is 2.56. The number of β-amino-alcohol motifs (C(OH)–C–C–N with tert-alkyl or cyclic N) is 1. The van der Waals surface area contributed by atoms with Crippen LogP contribution in [-0.2, 0) is 13.0 Å². The number of fused-ring (bicyclic) bond motifs is 1. The smallest absolute Gasteiger partial charge is 0.254 e. The maximum atomic E-state index is 12.5. The number of benzene rings is 1. The Balaban J connectivity index is 1.82. The second-order valence-electron chi connectivity index (χ2n) is 5.61. The summed E-state index contributed by atoms with van der Waals surface area (Å²) in [6.45, 7) is 4.65. The average Bonchev–Trinajstić information content (AvgIpc) is 2.42. The lowest BCUT2D eigenvalue weighted by Gasteiger charge is -2.46. The molecule has 0 radical (unpaired) electrons. The van der Waals surface area contributed by atoms with Crippen LogP contribution in [0.4, 0.5) is 0 Å². The molecule has 0 aromatic heterocycles. The minimum Gasteiger partial charge on any atom is -0.386 e. The van der Waals surface area contributed by atoms with Gasteiger partial charge in [0.05, 0.1) is 18.7 Å². The molecule has 0 bridgehead atoms. The number of nitrogens with one attached hydrogen (secondary N) is 1. The van der Waals surface area contributed by atoms with E-state index in [2.05, 4.69) is 11.4 Å². The van der Waals surface area contributed by atoms with Gasteiger partial charge in [0, 0.05) is 12.1 Å². The first kappa shape index (κ1) is 12.6. The lowest BCUT2D eigenvalue weighted by Crippen LogP contribution is -2.63. The SMILES string of the molecule is CCC1(O)CN(C(=O)c2cccc3c2CCNC3)C1. The van der Waals surface area contributed by atoms with Crippen LogP contribution in [0, 0.1) is 0 Å². The van der Waals surface area contributed by atoms with Gasteiger partial charge in [0.2, 0.25) is 0 Å². The summed E-state index contributed by atoms with van der Waals surface area (Å²) in [6.07, 6.45) is 1.61. The van der Waals surface area contributed by atoms with Crippen molar-refractivity contribution in [2.75, 3.05) is 19.6 Å². The van der Waals surface area contributed by atoms with E-state index in [1.54, 1.807) is 4.90 Å². The third-order valence-corrected chi connectivity index (χ3v) is 4.29. The highest BCUT2D eigenvalue weighted by molar-refractivity contribution is 5.96. The number of aliphatic hydroxyl groups is 1. The standard InChI is InChI=1S/C15H20N2O2/c1-2-15(19)9-17(10-15)14(18)13-5-3-4-11-8-16-7-6-12(11)13/h3-5,16,19H,2,6-10H2,1H3. The van der Waals surface area contributed by atoms with Crippen molar-refractivity contribution in [1.29, 1.82) is 0 Å². The molecule has 2 N–H and O–H groups in total. The molecular formula is C15H20N2O2. The van der Waals surface area contributed by atoms with Gasteiger partial charge in [-0.25, -0.2) is 0 Å². The average molecular weight is 260 g/mol. The Labute approximate surface area is 113 Å². The highest BCUT2D eigenvalue weighted by Gasteiger charge is 2.42. The Morgan fingerprint density at radius 3 is 3.00 bits per heavy atom. The first-order valence-electron chi connectivity index (χ1n) is 6.96. The molecule has 3 rings (SSSR count). The van der Waals surface area contributed by atoms with Crippen molar-refractivity contribution < 1.29 is 9.90 Å². The molecule has 4 heteroatoms. The van der Waals surface area contributed by atoms with Gasteiger partial charge >= 0.3 is 0 Å². The van der Waals surface area contributed by atoms with Crippen LogP contribution < -0.4 is 5.32 Å². The molecule has 102 valence electrons. The van der Waals surface area contributed by atoms with Crippen molar-refractivity contribution in [1.82, 2.24) is 10.2 Å². The maximum Gasteiger partial charge on any atom is 0.254 e. The lowest BCUT2D eigenvalue weighted by molar-refractivity contribution is -0.0826. The minimum absolute atomic E-state index is 0.0666. The molecule has 4 nitrogen and oxygen atoms in total. The highest BCUT2D eigenvalue weighted by atomic mass is 16.3. The van der Waals surface area contributed by atoms with Crippen molar-refractivity contribution in [3.63, 3.8) is 0 Å². The molecule has 0 saturated carbocycles. The Bertz CT molecular complexity index is 507. The Kier molecular flexibility index (Phi) is 3.07. The van der Waals surface area contributed by atoms with Crippen LogP contribution in [0.1, 0.15) is 34.8 Å². The summed E-state index contributed by atoms with van der Waals surface area (Å²) in [7, 11) is 0. The lowest BCUT2D eigenvalue weighted by atomic mass is 9.89. The minimum atomic E-state index is -0.661. The molecule has 2 aliphatic heterocycles. The van der Waals surface area contributed by atoms with Crippen molar-refractivity contribution >= 4 is 5.91 Å². The summed E-state index contributed by atoms with van der Waals surface area (Å²) >= 11 is 0. The molecule has 1 amide bonds. The number of hydrogen-bond donors (Lipinski definition) is 2. The number of hydrogen-bond acceptors (Lipinski definition) is 3. The van der Waals surface area contributed by atoms with Gasteiger partial charge < -0.3 is 15.3 Å². The van der Waals surface area contributed by atoms with Gasteiger partial charge in [0.15, 0.2) is 0 Å². The van der Waals surface area contributed by atoms with Gasteiger partial charge in [-0.1, -0.05) is 19.1 Å². The summed E-state index contributed by atoms with van der Waals surface area (Å²) in [4.78, 5) is 14.2. The normalized spacial score (nSPS) is 20.6. The van der Waals surface area contributed by atoms with Gasteiger partial charge in [-0.05, 0) is 36.6 Å². The number of likely N-dealkylation sites (tertiary alicyclic amines) is 1. The van der Waals surface area contributed by atoms with E-state index in [1.807, 2.05) is 19.1 Å². The monoisotopic (exact) mass is 260 g/mol. The second kappa shape index (κ2) is 4.62. The molecule has 0 spiro atoms. The Morgan fingerprint density at radius 2 is 2.26 bits per heavy atom. The molecular weight excluding hydrogens is 240 g/mol. The zero-order chi connectivity index (χ0) is 13.5. The van der Waals surface area contributed by atoms with E-state index in [0.29, 0.717) is 19.5 Å². The molecule has 0 aliphatic carbocycles. The molecule has 1 fully saturated rings. The van der Waals surface area contributed by atoms with Crippen LogP contribution in [0.2, 0.25) is 0 Å². The number of amides is 1. The number of rotatable bonds is 2. The first-order chi connectivity index (χ1) is 9.13. The largest absolute Gasteiger partial charge is 0.386 e. The van der Waals surface area contributed by atoms with Crippen molar-refractivity contribution in [2.24, 2.45) is 0 Å². The van der Waals surface area contributed by atoms with Crippen molar-refractivity contribution in [2.45, 2.75) is 31.9 Å². The van der Waals surface area contributed by atoms with Crippen LogP contribution in [0.3, 0.4) is 0 Å². The van der Waals surface area contributed by atoms with E-state index in [9.17, 15) is 9.90 Å². The van der Waals surface area contributed by atoms with Crippen LogP contribution in [0.15, 0.2) is 18.2 Å². The molecule has 1 aromatic rings. The third kappa shape index (κ3) is 2.15. The number of carbonyl (C=O) groups excluding carboxylic acids is 1. The quantitative estimate of drug-likeness (QED) is 0.831. The predicted octanol–water partition coefficient (Wildman–Crippen LogP) is 0.929. The Morgan fingerprint density at radius 1 is 1.47 bits per heavy atom. The van der Waals surface area contributed by atoms with E-state index in [1.165, 1.54) is 11.1 Å². The van der Waals surface area contributed by atoms with Gasteiger partial charge in [-0.2, -0.15) is 0 Å². The molecule has 19 heavy (non-hydrogen) atoms. The Hall–Kier alpha value is -1.39. The zero-order valence-electron chi connectivity index (χ0n) is 11.3. The third-order valence-electron chi connectivity index (χ3n) is 4.29. The molecule has 0 atom stereocenters. The fraction of sp³-hybridized carbons (Fsp3) is 0.533. The molecule has 0 unspecified atom stereocenters. The topological polar surface area (TPSA) is 52.6 Å². The van der Waals surface area contributed by atoms with Crippen LogP contribution >= 0.6 is 0 Å². The van der Waals surface area contributed by atoms with Crippen LogP contribution in [0.5, 0.6) is 0 Å². The van der Waals surface area contributed by atoms with E-state index in [4.69, 9.17) is 0 Å². The first-order valence-corrected chi connectivity index (χ1v) is 6.96.